The summed E-state index contributed by atoms with van der Waals surface area (Å²) in [5.74, 6) is -3.92. The van der Waals surface area contributed by atoms with Crippen molar-refractivity contribution >= 4 is 17.9 Å². The Hall–Kier alpha value is -1.89. The van der Waals surface area contributed by atoms with Crippen molar-refractivity contribution in [3.63, 3.8) is 0 Å². The average Bonchev–Trinajstić information content (AvgIpc) is 2.82. The second-order valence-electron chi connectivity index (χ2n) is 10.5. The third kappa shape index (κ3) is 16.4. The standard InChI is InChI=1S/C28H51NO6/c1-5-6-7-8-9-10-11-12-13-14-15-19-29(20-16-23(2)26(30)31,21-17-24(3)27(32)33)22-18-25(4)28(34)35/h7-8,23-25H,5-6,9-22H2,1-4H3,(H2-,30,31,32,33,34,35)/p+1/b8-7+. The first-order valence-electron chi connectivity index (χ1n) is 13.7. The summed E-state index contributed by atoms with van der Waals surface area (Å²) in [5, 5.41) is 28.1. The molecule has 0 aliphatic heterocycles. The Kier molecular flexibility index (Phi) is 18.3. The van der Waals surface area contributed by atoms with E-state index in [0.717, 1.165) is 38.6 Å². The average molecular weight is 499 g/mol. The molecule has 7 nitrogen and oxygen atoms in total. The van der Waals surface area contributed by atoms with Crippen LogP contribution in [0.25, 0.3) is 0 Å². The first kappa shape index (κ1) is 33.1. The maximum Gasteiger partial charge on any atom is 0.306 e. The van der Waals surface area contributed by atoms with Gasteiger partial charge in [0.25, 0.3) is 0 Å². The molecule has 0 saturated heterocycles. The zero-order chi connectivity index (χ0) is 26.7. The number of unbranched alkanes of at least 4 members (excludes halogenated alkanes) is 7. The first-order valence-corrected chi connectivity index (χ1v) is 13.7. The number of quaternary nitrogens is 1. The van der Waals surface area contributed by atoms with Crippen molar-refractivity contribution in [1.29, 1.82) is 0 Å². The quantitative estimate of drug-likeness (QED) is 0.0875. The van der Waals surface area contributed by atoms with Crippen LogP contribution in [0.1, 0.15) is 105 Å². The van der Waals surface area contributed by atoms with E-state index in [-0.39, 0.29) is 0 Å². The number of hydrogen-bond donors (Lipinski definition) is 3. The summed E-state index contributed by atoms with van der Waals surface area (Å²) in [7, 11) is 0. The Morgan fingerprint density at radius 2 is 0.971 bits per heavy atom. The van der Waals surface area contributed by atoms with Gasteiger partial charge in [-0.1, -0.05) is 65.5 Å². The number of nitrogens with zero attached hydrogens (tertiary/aromatic N) is 1. The molecule has 3 atom stereocenters. The Morgan fingerprint density at radius 1 is 0.600 bits per heavy atom. The van der Waals surface area contributed by atoms with Crippen LogP contribution in [0, 0.1) is 17.8 Å². The highest BCUT2D eigenvalue weighted by molar-refractivity contribution is 5.70. The van der Waals surface area contributed by atoms with Crippen LogP contribution in [0.2, 0.25) is 0 Å². The van der Waals surface area contributed by atoms with Crippen LogP contribution in [0.5, 0.6) is 0 Å². The third-order valence-corrected chi connectivity index (χ3v) is 7.25. The maximum absolute atomic E-state index is 11.4. The predicted octanol–water partition coefficient (Wildman–Crippen LogP) is 6.22. The molecular formula is C28H52NO6+. The van der Waals surface area contributed by atoms with Crippen molar-refractivity contribution in [2.45, 2.75) is 105 Å². The fraction of sp³-hybridized carbons (Fsp3) is 0.821. The van der Waals surface area contributed by atoms with Crippen LogP contribution in [0.4, 0.5) is 0 Å². The molecule has 0 aromatic rings. The Balaban J connectivity index is 5.01. The van der Waals surface area contributed by atoms with E-state index in [1.807, 2.05) is 0 Å². The van der Waals surface area contributed by atoms with Gasteiger partial charge in [0.15, 0.2) is 0 Å². The molecule has 0 saturated carbocycles. The second kappa shape index (κ2) is 19.3. The fourth-order valence-corrected chi connectivity index (χ4v) is 4.26. The van der Waals surface area contributed by atoms with E-state index < -0.39 is 35.7 Å². The molecular weight excluding hydrogens is 446 g/mol. The monoisotopic (exact) mass is 498 g/mol. The van der Waals surface area contributed by atoms with Crippen LogP contribution >= 0.6 is 0 Å². The summed E-state index contributed by atoms with van der Waals surface area (Å²) >= 11 is 0. The van der Waals surface area contributed by atoms with E-state index in [0.29, 0.717) is 43.4 Å². The lowest BCUT2D eigenvalue weighted by atomic mass is 10.0. The lowest BCUT2D eigenvalue weighted by molar-refractivity contribution is -0.929. The lowest BCUT2D eigenvalue weighted by Crippen LogP contribution is -2.52. The molecule has 0 radical (unpaired) electrons. The van der Waals surface area contributed by atoms with E-state index >= 15 is 0 Å². The van der Waals surface area contributed by atoms with E-state index in [1.165, 1.54) is 25.7 Å². The number of aliphatic carboxylic acids is 3. The van der Waals surface area contributed by atoms with Gasteiger partial charge in [0.1, 0.15) is 0 Å². The van der Waals surface area contributed by atoms with E-state index in [9.17, 15) is 29.7 Å². The molecule has 0 heterocycles. The van der Waals surface area contributed by atoms with Crippen molar-refractivity contribution in [2.24, 2.45) is 17.8 Å². The molecule has 0 spiro atoms. The zero-order valence-corrected chi connectivity index (χ0v) is 22.7. The van der Waals surface area contributed by atoms with Gasteiger partial charge in [-0.25, -0.2) is 0 Å². The molecule has 0 bridgehead atoms. The van der Waals surface area contributed by atoms with Gasteiger partial charge in [-0.3, -0.25) is 14.4 Å². The summed E-state index contributed by atoms with van der Waals surface area (Å²) in [6.07, 6.45) is 16.4. The Labute approximate surface area is 213 Å². The molecule has 0 rings (SSSR count). The van der Waals surface area contributed by atoms with Crippen LogP contribution in [0.3, 0.4) is 0 Å². The molecule has 7 heteroatoms. The fourth-order valence-electron chi connectivity index (χ4n) is 4.26. The molecule has 0 aliphatic carbocycles. The van der Waals surface area contributed by atoms with Crippen molar-refractivity contribution in [3.8, 4) is 0 Å². The van der Waals surface area contributed by atoms with Gasteiger partial charge in [-0.05, 0) is 32.1 Å². The van der Waals surface area contributed by atoms with Gasteiger partial charge in [-0.15, -0.1) is 0 Å². The lowest BCUT2D eigenvalue weighted by Gasteiger charge is -2.40. The number of carboxylic acid groups (broad SMARTS) is 3. The van der Waals surface area contributed by atoms with Crippen molar-refractivity contribution in [2.75, 3.05) is 26.2 Å². The smallest absolute Gasteiger partial charge is 0.306 e. The molecule has 0 fully saturated rings. The van der Waals surface area contributed by atoms with Gasteiger partial charge >= 0.3 is 17.9 Å². The third-order valence-electron chi connectivity index (χ3n) is 7.25. The minimum Gasteiger partial charge on any atom is -0.481 e. The number of rotatable bonds is 23. The number of hydrogen-bond acceptors (Lipinski definition) is 3. The summed E-state index contributed by atoms with van der Waals surface area (Å²) < 4.78 is 0.606. The van der Waals surface area contributed by atoms with E-state index in [4.69, 9.17) is 0 Å². The van der Waals surface area contributed by atoms with Gasteiger partial charge < -0.3 is 19.8 Å². The molecule has 0 amide bonds. The van der Waals surface area contributed by atoms with Crippen molar-refractivity contribution < 1.29 is 34.2 Å². The van der Waals surface area contributed by atoms with Crippen LogP contribution in [-0.2, 0) is 14.4 Å². The second-order valence-corrected chi connectivity index (χ2v) is 10.5. The topological polar surface area (TPSA) is 112 Å². The number of allylic oxidation sites excluding steroid dienone is 2. The van der Waals surface area contributed by atoms with Gasteiger partial charge in [0.05, 0.1) is 43.9 Å². The van der Waals surface area contributed by atoms with E-state index in [2.05, 4.69) is 19.1 Å². The predicted molar refractivity (Wildman–Crippen MR) is 140 cm³/mol. The van der Waals surface area contributed by atoms with Gasteiger partial charge in [-0.2, -0.15) is 0 Å². The highest BCUT2D eigenvalue weighted by Crippen LogP contribution is 2.22. The highest BCUT2D eigenvalue weighted by Gasteiger charge is 2.31. The minimum absolute atomic E-state index is 0.479. The molecule has 3 N–H and O–H groups in total. The molecule has 0 aromatic carbocycles. The summed E-state index contributed by atoms with van der Waals surface area (Å²) in [6, 6.07) is 0. The first-order chi connectivity index (χ1) is 16.5. The Bertz CT molecular complexity index is 573. The molecule has 0 aliphatic rings. The number of carbonyl (C=O) groups is 3. The largest absolute Gasteiger partial charge is 0.481 e. The van der Waals surface area contributed by atoms with Gasteiger partial charge in [0.2, 0.25) is 0 Å². The van der Waals surface area contributed by atoms with Crippen molar-refractivity contribution in [1.82, 2.24) is 0 Å². The maximum atomic E-state index is 11.4. The SMILES string of the molecule is CCC/C=C/CCCCCCCC[N+](CCC(C)C(=O)O)(CCC(C)C(=O)O)CCC(C)C(=O)O. The van der Waals surface area contributed by atoms with E-state index in [1.54, 1.807) is 20.8 Å². The van der Waals surface area contributed by atoms with Crippen molar-refractivity contribution in [3.05, 3.63) is 12.2 Å². The molecule has 204 valence electrons. The summed E-state index contributed by atoms with van der Waals surface area (Å²) in [6.45, 7) is 10.0. The molecule has 35 heavy (non-hydrogen) atoms. The minimum atomic E-state index is -0.828. The normalized spacial score (nSPS) is 16.0. The summed E-state index contributed by atoms with van der Waals surface area (Å²) in [4.78, 5) is 34.3. The zero-order valence-electron chi connectivity index (χ0n) is 22.7. The van der Waals surface area contributed by atoms with Crippen LogP contribution in [0.15, 0.2) is 12.2 Å². The van der Waals surface area contributed by atoms with Crippen LogP contribution in [-0.4, -0.2) is 63.9 Å². The van der Waals surface area contributed by atoms with Crippen LogP contribution < -0.4 is 0 Å². The Morgan fingerprint density at radius 3 is 1.37 bits per heavy atom. The highest BCUT2D eigenvalue weighted by atomic mass is 16.4. The summed E-state index contributed by atoms with van der Waals surface area (Å²) in [5.41, 5.74) is 0. The molecule has 3 unspecified atom stereocenters. The number of carboxylic acids is 3. The van der Waals surface area contributed by atoms with Gasteiger partial charge in [0, 0.05) is 19.3 Å². The molecule has 0 aromatic heterocycles.